The van der Waals surface area contributed by atoms with E-state index in [9.17, 15) is 34.5 Å². The quantitative estimate of drug-likeness (QED) is 0.458. The highest BCUT2D eigenvalue weighted by atomic mass is 16.4. The highest BCUT2D eigenvalue weighted by Gasteiger charge is 2.73. The minimum absolute atomic E-state index is 0.00497. The molecule has 9 atom stereocenters. The average Bonchev–Trinajstić information content (AvgIpc) is 3.01. The summed E-state index contributed by atoms with van der Waals surface area (Å²) in [5.41, 5.74) is -4.11. The Morgan fingerprint density at radius 3 is 2.26 bits per heavy atom. The number of rotatable bonds is 5. The summed E-state index contributed by atoms with van der Waals surface area (Å²) in [4.78, 5) is 52.7. The van der Waals surface area contributed by atoms with E-state index >= 15 is 0 Å². The lowest BCUT2D eigenvalue weighted by Gasteiger charge is -2.61. The average molecular weight is 491 g/mol. The molecule has 4 N–H and O–H groups in total. The van der Waals surface area contributed by atoms with E-state index in [1.165, 1.54) is 0 Å². The van der Waals surface area contributed by atoms with Crippen molar-refractivity contribution in [3.8, 4) is 0 Å². The molecule has 0 aromatic heterocycles. The molecule has 0 amide bonds. The van der Waals surface area contributed by atoms with Gasteiger partial charge < -0.3 is 20.4 Å². The van der Waals surface area contributed by atoms with Gasteiger partial charge in [-0.25, -0.2) is 0 Å². The second-order valence-corrected chi connectivity index (χ2v) is 12.4. The molecule has 8 nitrogen and oxygen atoms in total. The number of carboxylic acids is 1. The van der Waals surface area contributed by atoms with Crippen LogP contribution in [-0.2, 0) is 19.2 Å². The van der Waals surface area contributed by atoms with E-state index < -0.39 is 57.5 Å². The summed E-state index contributed by atoms with van der Waals surface area (Å²) in [6, 6.07) is 0. The van der Waals surface area contributed by atoms with Crippen LogP contribution in [0.15, 0.2) is 11.1 Å². The van der Waals surface area contributed by atoms with E-state index in [1.54, 1.807) is 20.8 Å². The Balaban J connectivity index is 1.91. The van der Waals surface area contributed by atoms with Crippen molar-refractivity contribution in [3.05, 3.63) is 11.1 Å². The Hall–Kier alpha value is -1.90. The van der Waals surface area contributed by atoms with Crippen LogP contribution in [0.25, 0.3) is 0 Å². The van der Waals surface area contributed by atoms with E-state index in [-0.39, 0.29) is 54.5 Å². The van der Waals surface area contributed by atoms with E-state index in [0.29, 0.717) is 19.3 Å². The maximum atomic E-state index is 14.0. The SMILES string of the molecule is CC(CCC(=O)O)C1CC(=O)C2(C)C3=C(C(=O)C(O)C12C)C1(C)CCC(O)C(C)(CO)C1CC3=O. The van der Waals surface area contributed by atoms with Crippen LogP contribution in [0.2, 0.25) is 0 Å². The van der Waals surface area contributed by atoms with Gasteiger partial charge in [-0.15, -0.1) is 0 Å². The number of Topliss-reactive ketones (excluding diaryl/α,β-unsaturated/α-hetero) is 3. The number of fused-ring (bicyclic) bond motifs is 4. The van der Waals surface area contributed by atoms with Crippen molar-refractivity contribution in [1.82, 2.24) is 0 Å². The van der Waals surface area contributed by atoms with Gasteiger partial charge in [-0.05, 0) is 43.9 Å². The maximum Gasteiger partial charge on any atom is 0.303 e. The fourth-order valence-corrected chi connectivity index (χ4v) is 8.45. The molecule has 0 bridgehead atoms. The van der Waals surface area contributed by atoms with Crippen molar-refractivity contribution in [3.63, 3.8) is 0 Å². The molecule has 0 spiro atoms. The predicted octanol–water partition coefficient (Wildman–Crippen LogP) is 2.08. The van der Waals surface area contributed by atoms with Gasteiger partial charge in [-0.3, -0.25) is 19.2 Å². The van der Waals surface area contributed by atoms with Gasteiger partial charge in [-0.1, -0.05) is 27.7 Å². The summed E-state index contributed by atoms with van der Waals surface area (Å²) in [6.45, 7) is 8.47. The Kier molecular flexibility index (Phi) is 6.02. The van der Waals surface area contributed by atoms with Crippen LogP contribution >= 0.6 is 0 Å². The summed E-state index contributed by atoms with van der Waals surface area (Å²) in [5, 5.41) is 41.7. The zero-order valence-corrected chi connectivity index (χ0v) is 21.3. The molecule has 0 aromatic rings. The topological polar surface area (TPSA) is 149 Å². The third kappa shape index (κ3) is 3.08. The summed E-state index contributed by atoms with van der Waals surface area (Å²) in [6.07, 6.45) is -1.35. The third-order valence-corrected chi connectivity index (χ3v) is 11.0. The molecule has 35 heavy (non-hydrogen) atoms. The molecule has 0 saturated heterocycles. The van der Waals surface area contributed by atoms with Gasteiger partial charge in [0, 0.05) is 46.7 Å². The Bertz CT molecular complexity index is 1030. The molecule has 4 aliphatic carbocycles. The summed E-state index contributed by atoms with van der Waals surface area (Å²) >= 11 is 0. The van der Waals surface area contributed by atoms with E-state index in [0.717, 1.165) is 0 Å². The summed E-state index contributed by atoms with van der Waals surface area (Å²) in [5.74, 6) is -3.27. The normalized spacial score (nSPS) is 46.2. The first-order chi connectivity index (χ1) is 16.1. The zero-order valence-electron chi connectivity index (χ0n) is 21.3. The van der Waals surface area contributed by atoms with Crippen molar-refractivity contribution < 1.29 is 39.6 Å². The minimum Gasteiger partial charge on any atom is -0.481 e. The maximum absolute atomic E-state index is 14.0. The molecular formula is C27H38O8. The van der Waals surface area contributed by atoms with Gasteiger partial charge in [0.15, 0.2) is 11.6 Å². The number of ketones is 3. The number of aliphatic hydroxyl groups is 3. The lowest BCUT2D eigenvalue weighted by atomic mass is 9.42. The molecule has 8 heteroatoms. The first kappa shape index (κ1) is 26.2. The molecular weight excluding hydrogens is 452 g/mol. The van der Waals surface area contributed by atoms with E-state index in [2.05, 4.69) is 0 Å². The van der Waals surface area contributed by atoms with Gasteiger partial charge in [0.2, 0.25) is 0 Å². The number of carbonyl (C=O) groups excluding carboxylic acids is 3. The van der Waals surface area contributed by atoms with Crippen molar-refractivity contribution >= 4 is 23.3 Å². The molecule has 4 aliphatic rings. The molecule has 4 rings (SSSR count). The monoisotopic (exact) mass is 490 g/mol. The molecule has 0 aliphatic heterocycles. The van der Waals surface area contributed by atoms with Crippen LogP contribution in [0, 0.1) is 39.4 Å². The number of hydrogen-bond donors (Lipinski definition) is 4. The molecule has 2 saturated carbocycles. The van der Waals surface area contributed by atoms with Crippen molar-refractivity contribution in [2.75, 3.05) is 6.61 Å². The Morgan fingerprint density at radius 1 is 1.06 bits per heavy atom. The van der Waals surface area contributed by atoms with Crippen molar-refractivity contribution in [2.24, 2.45) is 39.4 Å². The number of carboxylic acid groups (broad SMARTS) is 1. The molecule has 9 unspecified atom stereocenters. The standard InChI is InChI=1S/C27H38O8/c1-13(6-7-19(32)33)14-10-18(31)27(5)20-15(29)11-16-24(2,9-8-17(30)25(16,3)12-28)21(20)22(34)23(35)26(14,27)4/h13-14,16-17,23,28,30,35H,6-12H2,1-5H3,(H,32,33). The lowest BCUT2D eigenvalue weighted by molar-refractivity contribution is -0.163. The summed E-state index contributed by atoms with van der Waals surface area (Å²) in [7, 11) is 0. The Morgan fingerprint density at radius 2 is 1.69 bits per heavy atom. The lowest BCUT2D eigenvalue weighted by Crippen LogP contribution is -2.65. The van der Waals surface area contributed by atoms with Crippen LogP contribution < -0.4 is 0 Å². The van der Waals surface area contributed by atoms with Crippen LogP contribution in [0.4, 0.5) is 0 Å². The van der Waals surface area contributed by atoms with Crippen molar-refractivity contribution in [1.29, 1.82) is 0 Å². The van der Waals surface area contributed by atoms with Crippen molar-refractivity contribution in [2.45, 2.75) is 85.4 Å². The largest absolute Gasteiger partial charge is 0.481 e. The fourth-order valence-electron chi connectivity index (χ4n) is 8.45. The number of carbonyl (C=O) groups is 4. The predicted molar refractivity (Wildman–Crippen MR) is 125 cm³/mol. The van der Waals surface area contributed by atoms with E-state index in [4.69, 9.17) is 5.11 Å². The van der Waals surface area contributed by atoms with Gasteiger partial charge in [-0.2, -0.15) is 0 Å². The van der Waals surface area contributed by atoms with Crippen LogP contribution in [0.1, 0.15) is 73.1 Å². The van der Waals surface area contributed by atoms with Gasteiger partial charge in [0.25, 0.3) is 0 Å². The number of aliphatic hydroxyl groups excluding tert-OH is 3. The molecule has 0 aromatic carbocycles. The first-order valence-electron chi connectivity index (χ1n) is 12.7. The van der Waals surface area contributed by atoms with Gasteiger partial charge in [0.05, 0.1) is 18.1 Å². The highest BCUT2D eigenvalue weighted by Crippen LogP contribution is 2.70. The molecule has 0 radical (unpaired) electrons. The second-order valence-electron chi connectivity index (χ2n) is 12.4. The fraction of sp³-hybridized carbons (Fsp3) is 0.778. The Labute approximate surface area is 205 Å². The highest BCUT2D eigenvalue weighted by molar-refractivity contribution is 6.17. The molecule has 194 valence electrons. The number of aliphatic carboxylic acids is 1. The number of allylic oxidation sites excluding steroid dienone is 1. The second kappa shape index (κ2) is 8.05. The van der Waals surface area contributed by atoms with Crippen LogP contribution in [0.5, 0.6) is 0 Å². The minimum atomic E-state index is -1.52. The third-order valence-electron chi connectivity index (χ3n) is 11.0. The molecule has 0 heterocycles. The smallest absolute Gasteiger partial charge is 0.303 e. The summed E-state index contributed by atoms with van der Waals surface area (Å²) < 4.78 is 0. The van der Waals surface area contributed by atoms with Gasteiger partial charge >= 0.3 is 5.97 Å². The van der Waals surface area contributed by atoms with Crippen LogP contribution in [-0.4, -0.2) is 62.6 Å². The zero-order chi connectivity index (χ0) is 26.3. The first-order valence-corrected chi connectivity index (χ1v) is 12.7. The van der Waals surface area contributed by atoms with E-state index in [1.807, 2.05) is 13.8 Å². The molecule has 2 fully saturated rings. The number of hydrogen-bond acceptors (Lipinski definition) is 7. The van der Waals surface area contributed by atoms with Gasteiger partial charge in [0.1, 0.15) is 11.9 Å². The van der Waals surface area contributed by atoms with Crippen LogP contribution in [0.3, 0.4) is 0 Å².